The third-order valence-electron chi connectivity index (χ3n) is 4.63. The molecule has 3 heteroatoms. The second-order valence-electron chi connectivity index (χ2n) is 6.52. The number of hydrogen-bond donors (Lipinski definition) is 0. The number of fused-ring (bicyclic) bond motifs is 2. The number of carbonyl (C=O) groups is 2. The summed E-state index contributed by atoms with van der Waals surface area (Å²) in [5.41, 5.74) is 5.56. The van der Waals surface area contributed by atoms with Crippen LogP contribution in [0.25, 0.3) is 0 Å². The molecule has 124 valence electrons. The maximum atomic E-state index is 11.4. The van der Waals surface area contributed by atoms with Crippen LogP contribution in [0.2, 0.25) is 0 Å². The van der Waals surface area contributed by atoms with Crippen molar-refractivity contribution in [2.24, 2.45) is 0 Å². The molecule has 0 unspecified atom stereocenters. The average molecular weight is 385 g/mol. The van der Waals surface area contributed by atoms with E-state index in [-0.39, 0.29) is 0 Å². The van der Waals surface area contributed by atoms with Gasteiger partial charge in [-0.05, 0) is 55.9 Å². The van der Waals surface area contributed by atoms with Crippen LogP contribution in [0.1, 0.15) is 63.1 Å². The molecule has 0 saturated heterocycles. The Labute approximate surface area is 151 Å². The van der Waals surface area contributed by atoms with Crippen LogP contribution < -0.4 is 0 Å². The Bertz CT molecular complexity index is 725. The minimum atomic E-state index is 0.295. The monoisotopic (exact) mass is 384 g/mol. The number of benzene rings is 2. The molecule has 2 aromatic rings. The molecule has 24 heavy (non-hydrogen) atoms. The summed E-state index contributed by atoms with van der Waals surface area (Å²) in [6, 6.07) is 12.0. The Balaban J connectivity index is 0.000000141. The van der Waals surface area contributed by atoms with Gasteiger partial charge in [0.2, 0.25) is 0 Å². The SMILES string of the molecule is Cc1ccc2c(c1)CCCC2=O.O=C1CCCc2cc(Br)ccc21. The van der Waals surface area contributed by atoms with E-state index in [0.717, 1.165) is 47.7 Å². The molecule has 0 aliphatic heterocycles. The van der Waals surface area contributed by atoms with E-state index in [4.69, 9.17) is 0 Å². The lowest BCUT2D eigenvalue weighted by atomic mass is 9.90. The number of halogens is 1. The highest BCUT2D eigenvalue weighted by Crippen LogP contribution is 2.24. The summed E-state index contributed by atoms with van der Waals surface area (Å²) in [6.07, 6.45) is 5.59. The minimum Gasteiger partial charge on any atom is -0.294 e. The smallest absolute Gasteiger partial charge is 0.163 e. The van der Waals surface area contributed by atoms with Gasteiger partial charge in [-0.2, -0.15) is 0 Å². The van der Waals surface area contributed by atoms with Gasteiger partial charge in [-0.1, -0.05) is 45.8 Å². The zero-order valence-corrected chi connectivity index (χ0v) is 15.5. The zero-order chi connectivity index (χ0) is 17.1. The summed E-state index contributed by atoms with van der Waals surface area (Å²) in [6.45, 7) is 2.07. The second-order valence-corrected chi connectivity index (χ2v) is 7.43. The summed E-state index contributed by atoms with van der Waals surface area (Å²) >= 11 is 3.40. The summed E-state index contributed by atoms with van der Waals surface area (Å²) in [5.74, 6) is 0.611. The standard InChI is InChI=1S/C11H12O.C10H9BrO/c1-8-5-6-10-9(7-8)3-2-4-11(10)12;11-8-4-5-9-7(6-8)2-1-3-10(9)12/h5-7H,2-4H2,1H3;4-6H,1-3H2. The Hall–Kier alpha value is -1.74. The van der Waals surface area contributed by atoms with Gasteiger partial charge in [0.05, 0.1) is 0 Å². The van der Waals surface area contributed by atoms with E-state index in [1.807, 2.05) is 30.3 Å². The van der Waals surface area contributed by atoms with Crippen molar-refractivity contribution in [2.75, 3.05) is 0 Å². The number of aryl methyl sites for hydroxylation is 3. The van der Waals surface area contributed by atoms with Gasteiger partial charge < -0.3 is 0 Å². The lowest BCUT2D eigenvalue weighted by Gasteiger charge is -2.14. The molecule has 2 aliphatic carbocycles. The quantitative estimate of drug-likeness (QED) is 0.602. The molecule has 0 amide bonds. The number of hydrogen-bond acceptors (Lipinski definition) is 2. The van der Waals surface area contributed by atoms with Gasteiger partial charge in [-0.25, -0.2) is 0 Å². The highest BCUT2D eigenvalue weighted by Gasteiger charge is 2.17. The third-order valence-corrected chi connectivity index (χ3v) is 5.12. The fourth-order valence-corrected chi connectivity index (χ4v) is 3.80. The summed E-state index contributed by atoms with van der Waals surface area (Å²) in [5, 5.41) is 0. The molecule has 2 aliphatic rings. The van der Waals surface area contributed by atoms with Gasteiger partial charge in [0.1, 0.15) is 0 Å². The maximum absolute atomic E-state index is 11.4. The molecule has 0 saturated carbocycles. The minimum absolute atomic E-state index is 0.295. The lowest BCUT2D eigenvalue weighted by molar-refractivity contribution is 0.0964. The molecule has 0 spiro atoms. The van der Waals surface area contributed by atoms with Crippen molar-refractivity contribution in [1.82, 2.24) is 0 Å². The van der Waals surface area contributed by atoms with Crippen molar-refractivity contribution in [2.45, 2.75) is 45.4 Å². The van der Waals surface area contributed by atoms with Gasteiger partial charge in [-0.15, -0.1) is 0 Å². The predicted octanol–water partition coefficient (Wildman–Crippen LogP) is 5.48. The highest BCUT2D eigenvalue weighted by atomic mass is 79.9. The molecule has 0 atom stereocenters. The fourth-order valence-electron chi connectivity index (χ4n) is 3.39. The van der Waals surface area contributed by atoms with E-state index in [0.29, 0.717) is 18.0 Å². The first kappa shape index (κ1) is 17.1. The molecule has 0 aromatic heterocycles. The van der Waals surface area contributed by atoms with Crippen LogP contribution in [0.3, 0.4) is 0 Å². The van der Waals surface area contributed by atoms with Gasteiger partial charge in [0, 0.05) is 28.4 Å². The van der Waals surface area contributed by atoms with Crippen LogP contribution in [0, 0.1) is 6.92 Å². The van der Waals surface area contributed by atoms with Crippen molar-refractivity contribution in [1.29, 1.82) is 0 Å². The van der Waals surface area contributed by atoms with E-state index in [2.05, 4.69) is 28.9 Å². The molecule has 2 aromatic carbocycles. The van der Waals surface area contributed by atoms with Crippen LogP contribution in [0.5, 0.6) is 0 Å². The first-order valence-corrected chi connectivity index (χ1v) is 9.28. The van der Waals surface area contributed by atoms with Crippen LogP contribution >= 0.6 is 15.9 Å². The van der Waals surface area contributed by atoms with Crippen molar-refractivity contribution in [3.05, 3.63) is 68.7 Å². The molecule has 0 bridgehead atoms. The molecule has 2 nitrogen and oxygen atoms in total. The third kappa shape index (κ3) is 3.84. The van der Waals surface area contributed by atoms with Crippen LogP contribution in [-0.2, 0) is 12.8 Å². The normalized spacial score (nSPS) is 15.9. The van der Waals surface area contributed by atoms with Gasteiger partial charge in [0.15, 0.2) is 11.6 Å². The molecule has 0 heterocycles. The van der Waals surface area contributed by atoms with Crippen LogP contribution in [-0.4, -0.2) is 11.6 Å². The number of rotatable bonds is 0. The molecule has 0 fully saturated rings. The van der Waals surface area contributed by atoms with E-state index in [1.165, 1.54) is 16.7 Å². The summed E-state index contributed by atoms with van der Waals surface area (Å²) in [4.78, 5) is 22.8. The van der Waals surface area contributed by atoms with E-state index in [1.54, 1.807) is 0 Å². The molecule has 4 rings (SSSR count). The number of carbonyl (C=O) groups excluding carboxylic acids is 2. The Morgan fingerprint density at radius 1 is 0.750 bits per heavy atom. The molecular weight excluding hydrogens is 364 g/mol. The van der Waals surface area contributed by atoms with Crippen LogP contribution in [0.4, 0.5) is 0 Å². The average Bonchev–Trinajstić information content (AvgIpc) is 2.55. The molecule has 0 radical (unpaired) electrons. The highest BCUT2D eigenvalue weighted by molar-refractivity contribution is 9.10. The lowest BCUT2D eigenvalue weighted by Crippen LogP contribution is -2.10. The first-order valence-electron chi connectivity index (χ1n) is 8.49. The predicted molar refractivity (Wildman–Crippen MR) is 99.9 cm³/mol. The van der Waals surface area contributed by atoms with Crippen molar-refractivity contribution in [3.63, 3.8) is 0 Å². The number of Topliss-reactive ketones (excluding diaryl/α,β-unsaturated/α-hetero) is 2. The van der Waals surface area contributed by atoms with Crippen molar-refractivity contribution in [3.8, 4) is 0 Å². The second kappa shape index (κ2) is 7.43. The molecular formula is C21H21BrO2. The Kier molecular flexibility index (Phi) is 5.30. The Morgan fingerprint density at radius 3 is 1.92 bits per heavy atom. The van der Waals surface area contributed by atoms with Crippen molar-refractivity contribution >= 4 is 27.5 Å². The zero-order valence-electron chi connectivity index (χ0n) is 13.9. The van der Waals surface area contributed by atoms with E-state index in [9.17, 15) is 9.59 Å². The summed E-state index contributed by atoms with van der Waals surface area (Å²) in [7, 11) is 0. The van der Waals surface area contributed by atoms with Gasteiger partial charge >= 0.3 is 0 Å². The topological polar surface area (TPSA) is 34.1 Å². The van der Waals surface area contributed by atoms with Crippen LogP contribution in [0.15, 0.2) is 40.9 Å². The largest absolute Gasteiger partial charge is 0.294 e. The first-order chi connectivity index (χ1) is 11.5. The van der Waals surface area contributed by atoms with E-state index >= 15 is 0 Å². The van der Waals surface area contributed by atoms with Gasteiger partial charge in [0.25, 0.3) is 0 Å². The van der Waals surface area contributed by atoms with Crippen molar-refractivity contribution < 1.29 is 9.59 Å². The summed E-state index contributed by atoms with van der Waals surface area (Å²) < 4.78 is 1.07. The van der Waals surface area contributed by atoms with Gasteiger partial charge in [-0.3, -0.25) is 9.59 Å². The molecule has 0 N–H and O–H groups in total. The van der Waals surface area contributed by atoms with E-state index < -0.39 is 0 Å². The fraction of sp³-hybridized carbons (Fsp3) is 0.333. The Morgan fingerprint density at radius 2 is 1.29 bits per heavy atom. The maximum Gasteiger partial charge on any atom is 0.163 e. The number of ketones is 2.